The molecule has 0 aliphatic carbocycles. The quantitative estimate of drug-likeness (QED) is 0.0237. The fourth-order valence-electron chi connectivity index (χ4n) is 7.97. The number of aliphatic hydroxyl groups is 10. The van der Waals surface area contributed by atoms with Crippen LogP contribution in [-0.2, 0) is 51.2 Å². The second-order valence-electron chi connectivity index (χ2n) is 19.3. The number of benzene rings is 1. The number of fused-ring (bicyclic) bond motifs is 1. The lowest BCUT2D eigenvalue weighted by molar-refractivity contribution is -0.142. The monoisotopic (exact) mass is 1150 g/mol. The predicted octanol–water partition coefficient (Wildman–Crippen LogP) is -6.20. The molecule has 2 aromatic heterocycles. The molecular weight excluding hydrogens is 1080 g/mol. The van der Waals surface area contributed by atoms with Crippen LogP contribution >= 0.6 is 0 Å². The number of Topliss-reactive ketones (excluding diaryl/α,β-unsaturated/α-hetero) is 3. The number of aromatic nitrogens is 4. The second kappa shape index (κ2) is 33.4. The van der Waals surface area contributed by atoms with Gasteiger partial charge in [-0.1, -0.05) is 24.3 Å². The molecule has 0 bridgehead atoms. The second-order valence-corrected chi connectivity index (χ2v) is 19.3. The van der Waals surface area contributed by atoms with E-state index >= 15 is 0 Å². The Labute approximate surface area is 461 Å². The Kier molecular flexibility index (Phi) is 28.0. The lowest BCUT2D eigenvalue weighted by Gasteiger charge is -2.26. The Balaban J connectivity index is 1.73. The summed E-state index contributed by atoms with van der Waals surface area (Å²) in [7, 11) is 0. The highest BCUT2D eigenvalue weighted by atomic mass is 16.4. The summed E-state index contributed by atoms with van der Waals surface area (Å²) in [5.74, 6) is -12.0. The van der Waals surface area contributed by atoms with Crippen LogP contribution < -0.4 is 32.6 Å². The van der Waals surface area contributed by atoms with E-state index in [1.54, 1.807) is 12.1 Å². The van der Waals surface area contributed by atoms with E-state index in [1.165, 1.54) is 18.3 Å². The number of hydrogen-bond acceptors (Lipinski definition) is 24. The van der Waals surface area contributed by atoms with Gasteiger partial charge in [0.15, 0.2) is 28.5 Å². The number of aryl methyl sites for hydroxylation is 2. The van der Waals surface area contributed by atoms with Crippen LogP contribution in [0.5, 0.6) is 0 Å². The van der Waals surface area contributed by atoms with Crippen LogP contribution in [0, 0.1) is 11.8 Å². The van der Waals surface area contributed by atoms with E-state index in [0.717, 1.165) is 12.5 Å². The van der Waals surface area contributed by atoms with Crippen LogP contribution in [0.25, 0.3) is 11.2 Å². The third-order valence-corrected chi connectivity index (χ3v) is 13.0. The molecule has 0 radical (unpaired) electrons. The minimum Gasteiger partial charge on any atom is -0.481 e. The van der Waals surface area contributed by atoms with Crippen molar-refractivity contribution in [3.05, 3.63) is 57.6 Å². The molecule has 0 aliphatic heterocycles. The molecule has 0 aliphatic rings. The van der Waals surface area contributed by atoms with Gasteiger partial charge in [0.05, 0.1) is 55.3 Å². The molecule has 3 rings (SSSR count). The maximum Gasteiger partial charge on any atom is 0.306 e. The fourth-order valence-corrected chi connectivity index (χ4v) is 7.97. The highest BCUT2D eigenvalue weighted by Gasteiger charge is 2.34. The van der Waals surface area contributed by atoms with Crippen LogP contribution in [0.3, 0.4) is 0 Å². The number of aliphatic carboxylic acids is 2. The van der Waals surface area contributed by atoms with Crippen molar-refractivity contribution in [2.45, 2.75) is 145 Å². The van der Waals surface area contributed by atoms with Gasteiger partial charge in [-0.3, -0.25) is 52.9 Å². The van der Waals surface area contributed by atoms with Gasteiger partial charge in [-0.2, -0.15) is 4.98 Å². The number of amides is 4. The number of hydrogen-bond donors (Lipinski definition) is 18. The first-order valence-electron chi connectivity index (χ1n) is 25.6. The zero-order valence-corrected chi connectivity index (χ0v) is 44.0. The third-order valence-electron chi connectivity index (χ3n) is 13.0. The summed E-state index contributed by atoms with van der Waals surface area (Å²) in [6, 6.07) is 3.13. The molecule has 3 aromatic rings. The SMILES string of the molecule is CC(=O)[C@H](CCC(=O)NC[C@H](O)[C@@H](O)[C@H](O)[C@H](O)CO)NC(=O)[C@H](CCC(=O)O)CC(=O)[C@H](CCC(=O)NC[C@H](O)[C@@H](O)[C@H](O)[C@H](O)CO)NC(=O)CC[C@H](CC(=O)c1ccc(CCc2cnc3nc(N)[nH]c(=O)c3n2)cc1)C(=O)O. The van der Waals surface area contributed by atoms with Crippen LogP contribution in [-0.4, -0.2) is 221 Å². The van der Waals surface area contributed by atoms with E-state index in [9.17, 15) is 99.0 Å². The number of anilines is 1. The van der Waals surface area contributed by atoms with Crippen molar-refractivity contribution in [2.24, 2.45) is 11.8 Å². The van der Waals surface area contributed by atoms with E-state index in [2.05, 4.69) is 41.2 Å². The highest BCUT2D eigenvalue weighted by Crippen LogP contribution is 2.20. The molecule has 0 fully saturated rings. The number of carbonyl (C=O) groups is 9. The number of aromatic amines is 1. The maximum absolute atomic E-state index is 14.1. The van der Waals surface area contributed by atoms with Gasteiger partial charge in [-0.05, 0) is 51.0 Å². The van der Waals surface area contributed by atoms with Gasteiger partial charge < -0.3 is 88.3 Å². The van der Waals surface area contributed by atoms with E-state index < -0.39 is 222 Å². The molecule has 19 N–H and O–H groups in total. The van der Waals surface area contributed by atoms with Crippen LogP contribution in [0.15, 0.2) is 35.3 Å². The molecule has 2 heterocycles. The first kappa shape index (κ1) is 67.9. The van der Waals surface area contributed by atoms with Gasteiger partial charge in [-0.15, -0.1) is 0 Å². The number of nitrogens with one attached hydrogen (secondary N) is 5. The Morgan fingerprint density at radius 1 is 0.617 bits per heavy atom. The molecule has 448 valence electrons. The van der Waals surface area contributed by atoms with Crippen LogP contribution in [0.2, 0.25) is 0 Å². The van der Waals surface area contributed by atoms with Crippen molar-refractivity contribution in [2.75, 3.05) is 32.0 Å². The minimum atomic E-state index is -2.06. The zero-order chi connectivity index (χ0) is 60.7. The molecule has 1 aromatic carbocycles. The zero-order valence-electron chi connectivity index (χ0n) is 44.0. The Morgan fingerprint density at radius 3 is 1.65 bits per heavy atom. The number of rotatable bonds is 38. The number of nitrogens with zero attached hydrogens (tertiary/aromatic N) is 3. The lowest BCUT2D eigenvalue weighted by atomic mass is 9.90. The predicted molar refractivity (Wildman–Crippen MR) is 277 cm³/mol. The first-order chi connectivity index (χ1) is 38.1. The fraction of sp³-hybridized carbons (Fsp3) is 0.580. The molecule has 81 heavy (non-hydrogen) atoms. The standard InChI is InChI=1S/C50H71N9O22/c1-23(62)29(10-13-37(69)52-19-33(65)42(74)44(76)35(67)21-60)57-47(78)26(8-15-40(72)73)16-32(64)30(11-14-38(70)53-20-34(66)43(75)45(77)36(68)22-61)56-39(71)12-7-27(49(80)81)17-31(63)25-5-2-24(3-6-25)4-9-28-18-54-46-41(55-28)48(79)59-50(51)58-46/h2-3,5-6,18,26-27,29-30,33-36,42-45,60-61,65-68,74-77H,4,7-17,19-22H2,1H3,(H,52,69)(H,53,70)(H,56,71)(H,57,78)(H,72,73)(H,80,81)(H3,51,54,58,59,79)/t26-,27-,29+,30+,33+,34+,35-,36-,42-,43-,44-,45-/m1/s1. The van der Waals surface area contributed by atoms with Gasteiger partial charge in [0, 0.05) is 63.1 Å². The number of carboxylic acid groups (broad SMARTS) is 2. The summed E-state index contributed by atoms with van der Waals surface area (Å²) in [6.07, 6.45) is -19.0. The maximum atomic E-state index is 14.1. The molecule has 31 heteroatoms. The number of nitrogen functional groups attached to an aromatic ring is 1. The Hall–Kier alpha value is -7.33. The van der Waals surface area contributed by atoms with E-state index in [1.807, 2.05) is 0 Å². The largest absolute Gasteiger partial charge is 0.481 e. The summed E-state index contributed by atoms with van der Waals surface area (Å²) in [4.78, 5) is 144. The van der Waals surface area contributed by atoms with Crippen molar-refractivity contribution in [3.63, 3.8) is 0 Å². The number of nitrogens with two attached hydrogens (primary N) is 1. The Morgan fingerprint density at radius 2 is 1.14 bits per heavy atom. The van der Waals surface area contributed by atoms with Crippen molar-refractivity contribution >= 4 is 70.0 Å². The highest BCUT2D eigenvalue weighted by molar-refractivity contribution is 5.98. The average Bonchev–Trinajstić information content (AvgIpc) is 3.43. The van der Waals surface area contributed by atoms with Gasteiger partial charge in [0.1, 0.15) is 36.6 Å². The minimum absolute atomic E-state index is 0.000692. The van der Waals surface area contributed by atoms with Gasteiger partial charge in [0.25, 0.3) is 5.56 Å². The molecule has 0 unspecified atom stereocenters. The molecule has 4 amide bonds. The topological polar surface area (TPSA) is 542 Å². The number of carboxylic acids is 2. The molecule has 12 atom stereocenters. The van der Waals surface area contributed by atoms with Crippen molar-refractivity contribution in [1.82, 2.24) is 41.2 Å². The van der Waals surface area contributed by atoms with Crippen molar-refractivity contribution in [3.8, 4) is 0 Å². The Bertz CT molecular complexity index is 2700. The molecular formula is C50H71N9O22. The lowest BCUT2D eigenvalue weighted by Crippen LogP contribution is -2.50. The average molecular weight is 1150 g/mol. The van der Waals surface area contributed by atoms with Crippen molar-refractivity contribution in [1.29, 1.82) is 0 Å². The summed E-state index contributed by atoms with van der Waals surface area (Å²) < 4.78 is 0. The number of H-pyrrole nitrogens is 1. The van der Waals surface area contributed by atoms with E-state index in [-0.39, 0.29) is 22.7 Å². The smallest absolute Gasteiger partial charge is 0.306 e. The number of carbonyl (C=O) groups excluding carboxylic acids is 7. The number of aliphatic hydroxyl groups excluding tert-OH is 10. The molecule has 0 saturated carbocycles. The molecule has 0 spiro atoms. The first-order valence-corrected chi connectivity index (χ1v) is 25.6. The van der Waals surface area contributed by atoms with Gasteiger partial charge >= 0.3 is 11.9 Å². The number of ketones is 3. The van der Waals surface area contributed by atoms with Crippen LogP contribution in [0.1, 0.15) is 92.7 Å². The van der Waals surface area contributed by atoms with Crippen LogP contribution in [0.4, 0.5) is 5.95 Å². The normalized spacial score (nSPS) is 15.9. The summed E-state index contributed by atoms with van der Waals surface area (Å²) in [5.41, 5.74) is 6.43. The van der Waals surface area contributed by atoms with Gasteiger partial charge in [-0.25, -0.2) is 9.97 Å². The molecule has 31 nitrogen and oxygen atoms in total. The molecule has 0 saturated heterocycles. The third kappa shape index (κ3) is 22.6. The van der Waals surface area contributed by atoms with Gasteiger partial charge in [0.2, 0.25) is 29.6 Å². The van der Waals surface area contributed by atoms with E-state index in [0.29, 0.717) is 18.5 Å². The van der Waals surface area contributed by atoms with E-state index in [4.69, 9.17) is 15.9 Å². The summed E-state index contributed by atoms with van der Waals surface area (Å²) >= 11 is 0. The summed E-state index contributed by atoms with van der Waals surface area (Å²) in [5, 5.41) is 126. The summed E-state index contributed by atoms with van der Waals surface area (Å²) in [6.45, 7) is -2.29. The van der Waals surface area contributed by atoms with Crippen molar-refractivity contribution < 1.29 is 104 Å².